The van der Waals surface area contributed by atoms with Gasteiger partial charge < -0.3 is 20.5 Å². The Hall–Kier alpha value is -1.88. The normalized spacial score (nSPS) is 10.5. The van der Waals surface area contributed by atoms with E-state index in [0.29, 0.717) is 5.69 Å². The van der Waals surface area contributed by atoms with E-state index in [1.807, 2.05) is 50.2 Å². The van der Waals surface area contributed by atoms with Crippen molar-refractivity contribution in [3.8, 4) is 11.5 Å². The van der Waals surface area contributed by atoms with Crippen LogP contribution in [0.3, 0.4) is 0 Å². The number of hydrogen-bond acceptors (Lipinski definition) is 4. The van der Waals surface area contributed by atoms with Gasteiger partial charge >= 0.3 is 0 Å². The van der Waals surface area contributed by atoms with Crippen molar-refractivity contribution in [1.82, 2.24) is 0 Å². The molecule has 21 heavy (non-hydrogen) atoms. The minimum absolute atomic E-state index is 0.100. The van der Waals surface area contributed by atoms with Gasteiger partial charge in [-0.2, -0.15) is 0 Å². The summed E-state index contributed by atoms with van der Waals surface area (Å²) in [6, 6.07) is 11.3. The highest BCUT2D eigenvalue weighted by atomic mass is 79.9. The quantitative estimate of drug-likeness (QED) is 0.775. The van der Waals surface area contributed by atoms with Crippen LogP contribution in [0.5, 0.6) is 11.5 Å². The van der Waals surface area contributed by atoms with Gasteiger partial charge in [-0.1, -0.05) is 0 Å². The minimum atomic E-state index is 0.100. The minimum Gasteiger partial charge on any atom is -0.497 e. The Labute approximate surface area is 133 Å². The standard InChI is InChI=1S/C16H19BrN2O2/c1-10(2)21-14-7-11(18)6-12(8-14)19-16-9-13(20-3)4-5-15(16)17/h4-10,19H,18H2,1-3H3. The van der Waals surface area contributed by atoms with Crippen molar-refractivity contribution in [2.45, 2.75) is 20.0 Å². The number of anilines is 3. The second-order valence-electron chi connectivity index (χ2n) is 4.93. The zero-order chi connectivity index (χ0) is 15.4. The third kappa shape index (κ3) is 4.29. The summed E-state index contributed by atoms with van der Waals surface area (Å²) in [6.07, 6.45) is 0.100. The highest BCUT2D eigenvalue weighted by molar-refractivity contribution is 9.10. The van der Waals surface area contributed by atoms with Crippen molar-refractivity contribution in [1.29, 1.82) is 0 Å². The van der Waals surface area contributed by atoms with Gasteiger partial charge in [-0.25, -0.2) is 0 Å². The first-order valence-corrected chi connectivity index (χ1v) is 7.45. The monoisotopic (exact) mass is 350 g/mol. The van der Waals surface area contributed by atoms with E-state index in [2.05, 4.69) is 21.2 Å². The third-order valence-electron chi connectivity index (χ3n) is 2.75. The van der Waals surface area contributed by atoms with Gasteiger partial charge in [0.15, 0.2) is 0 Å². The first-order valence-electron chi connectivity index (χ1n) is 6.65. The molecular formula is C16H19BrN2O2. The highest BCUT2D eigenvalue weighted by Crippen LogP contribution is 2.32. The third-order valence-corrected chi connectivity index (χ3v) is 3.44. The van der Waals surface area contributed by atoms with Crippen LogP contribution in [0.1, 0.15) is 13.8 Å². The number of nitrogen functional groups attached to an aromatic ring is 1. The zero-order valence-corrected chi connectivity index (χ0v) is 13.9. The molecule has 0 aliphatic carbocycles. The van der Waals surface area contributed by atoms with Gasteiger partial charge in [-0.15, -0.1) is 0 Å². The topological polar surface area (TPSA) is 56.5 Å². The summed E-state index contributed by atoms with van der Waals surface area (Å²) < 4.78 is 11.9. The maximum Gasteiger partial charge on any atom is 0.123 e. The summed E-state index contributed by atoms with van der Waals surface area (Å²) in [5.41, 5.74) is 8.33. The summed E-state index contributed by atoms with van der Waals surface area (Å²) in [4.78, 5) is 0. The highest BCUT2D eigenvalue weighted by Gasteiger charge is 2.06. The van der Waals surface area contributed by atoms with E-state index in [0.717, 1.165) is 27.3 Å². The van der Waals surface area contributed by atoms with Crippen LogP contribution in [-0.4, -0.2) is 13.2 Å². The van der Waals surface area contributed by atoms with Crippen LogP contribution in [0.4, 0.5) is 17.1 Å². The Kier molecular flexibility index (Phi) is 4.96. The molecule has 0 aliphatic heterocycles. The molecule has 0 spiro atoms. The second-order valence-corrected chi connectivity index (χ2v) is 5.78. The van der Waals surface area contributed by atoms with Crippen LogP contribution in [0.15, 0.2) is 40.9 Å². The molecule has 0 radical (unpaired) electrons. The van der Waals surface area contributed by atoms with Crippen LogP contribution in [0.25, 0.3) is 0 Å². The maximum atomic E-state index is 5.93. The molecule has 3 N–H and O–H groups in total. The number of halogens is 1. The van der Waals surface area contributed by atoms with Crippen molar-refractivity contribution in [3.63, 3.8) is 0 Å². The van der Waals surface area contributed by atoms with Crippen molar-refractivity contribution >= 4 is 33.0 Å². The molecule has 0 aromatic heterocycles. The Balaban J connectivity index is 2.28. The Bertz CT molecular complexity index is 630. The average Bonchev–Trinajstić information content (AvgIpc) is 2.39. The molecule has 4 nitrogen and oxygen atoms in total. The molecule has 0 bridgehead atoms. The van der Waals surface area contributed by atoms with Crippen molar-refractivity contribution in [2.75, 3.05) is 18.2 Å². The number of nitrogens with two attached hydrogens (primary N) is 1. The van der Waals surface area contributed by atoms with Gasteiger partial charge in [-0.3, -0.25) is 0 Å². The van der Waals surface area contributed by atoms with Crippen LogP contribution < -0.4 is 20.5 Å². The van der Waals surface area contributed by atoms with Crippen molar-refractivity contribution in [3.05, 3.63) is 40.9 Å². The second kappa shape index (κ2) is 6.72. The van der Waals surface area contributed by atoms with E-state index < -0.39 is 0 Å². The van der Waals surface area contributed by atoms with Gasteiger partial charge in [0.2, 0.25) is 0 Å². The lowest BCUT2D eigenvalue weighted by molar-refractivity contribution is 0.242. The van der Waals surface area contributed by atoms with E-state index >= 15 is 0 Å². The number of rotatable bonds is 5. The van der Waals surface area contributed by atoms with Crippen molar-refractivity contribution < 1.29 is 9.47 Å². The van der Waals surface area contributed by atoms with Gasteiger partial charge in [0.05, 0.1) is 18.9 Å². The molecule has 2 aromatic carbocycles. The molecule has 2 aromatic rings. The lowest BCUT2D eigenvalue weighted by atomic mass is 10.2. The van der Waals surface area contributed by atoms with Crippen LogP contribution in [-0.2, 0) is 0 Å². The van der Waals surface area contributed by atoms with Crippen LogP contribution in [0.2, 0.25) is 0 Å². The fourth-order valence-electron chi connectivity index (χ4n) is 1.92. The maximum absolute atomic E-state index is 5.93. The fourth-order valence-corrected chi connectivity index (χ4v) is 2.26. The molecule has 5 heteroatoms. The predicted molar refractivity (Wildman–Crippen MR) is 90.6 cm³/mol. The Morgan fingerprint density at radius 2 is 1.86 bits per heavy atom. The fraction of sp³-hybridized carbons (Fsp3) is 0.250. The lowest BCUT2D eigenvalue weighted by Crippen LogP contribution is -2.06. The number of ether oxygens (including phenoxy) is 2. The summed E-state index contributed by atoms with van der Waals surface area (Å²) in [5, 5.41) is 3.31. The van der Waals surface area contributed by atoms with E-state index in [9.17, 15) is 0 Å². The SMILES string of the molecule is COc1ccc(Br)c(Nc2cc(N)cc(OC(C)C)c2)c1. The summed E-state index contributed by atoms with van der Waals surface area (Å²) >= 11 is 3.51. The van der Waals surface area contributed by atoms with Gasteiger partial charge in [0.1, 0.15) is 11.5 Å². The molecule has 0 amide bonds. The molecule has 0 unspecified atom stereocenters. The van der Waals surface area contributed by atoms with E-state index in [-0.39, 0.29) is 6.10 Å². The predicted octanol–water partition coefficient (Wildman–Crippen LogP) is 4.57. The Morgan fingerprint density at radius 3 is 2.52 bits per heavy atom. The Morgan fingerprint density at radius 1 is 1.10 bits per heavy atom. The summed E-state index contributed by atoms with van der Waals surface area (Å²) in [7, 11) is 1.64. The molecule has 0 saturated carbocycles. The van der Waals surface area contributed by atoms with E-state index in [4.69, 9.17) is 15.2 Å². The molecule has 112 valence electrons. The molecule has 0 aliphatic rings. The average molecular weight is 351 g/mol. The molecule has 0 fully saturated rings. The van der Waals surface area contributed by atoms with Gasteiger partial charge in [-0.05, 0) is 48.0 Å². The van der Waals surface area contributed by atoms with Crippen LogP contribution in [0, 0.1) is 0 Å². The molecule has 0 heterocycles. The largest absolute Gasteiger partial charge is 0.497 e. The molecular weight excluding hydrogens is 332 g/mol. The van der Waals surface area contributed by atoms with Gasteiger partial charge in [0.25, 0.3) is 0 Å². The smallest absolute Gasteiger partial charge is 0.123 e. The van der Waals surface area contributed by atoms with Crippen molar-refractivity contribution in [2.24, 2.45) is 0 Å². The zero-order valence-electron chi connectivity index (χ0n) is 12.3. The van der Waals surface area contributed by atoms with Crippen LogP contribution >= 0.6 is 15.9 Å². The summed E-state index contributed by atoms with van der Waals surface area (Å²) in [5.74, 6) is 1.52. The van der Waals surface area contributed by atoms with E-state index in [1.165, 1.54) is 0 Å². The van der Waals surface area contributed by atoms with E-state index in [1.54, 1.807) is 7.11 Å². The molecule has 0 saturated heterocycles. The summed E-state index contributed by atoms with van der Waals surface area (Å²) in [6.45, 7) is 3.96. The number of hydrogen-bond donors (Lipinski definition) is 2. The molecule has 2 rings (SSSR count). The number of benzene rings is 2. The number of nitrogens with one attached hydrogen (secondary N) is 1. The first-order chi connectivity index (χ1) is 9.97. The first kappa shape index (κ1) is 15.5. The van der Waals surface area contributed by atoms with Gasteiger partial charge in [0, 0.05) is 34.0 Å². The molecule has 0 atom stereocenters. The number of methoxy groups -OCH3 is 1. The lowest BCUT2D eigenvalue weighted by Gasteiger charge is -2.14.